The molecule has 6 nitrogen and oxygen atoms in total. The standard InChI is InChI=1S/C19H20FN3O3/c20-15-3-1-14(2-4-15)12-22-7-9-23(10-8-22)19(24)21-16-5-6-17-18(11-16)26-13-25-17/h1-6,11H,7-10,12-13H2,(H,21,24)/p+1. The second-order valence-electron chi connectivity index (χ2n) is 6.54. The number of carbonyl (C=O) groups is 1. The van der Waals surface area contributed by atoms with Gasteiger partial charge >= 0.3 is 6.03 Å². The third kappa shape index (κ3) is 3.72. The largest absolute Gasteiger partial charge is 0.454 e. The van der Waals surface area contributed by atoms with Gasteiger partial charge in [-0.25, -0.2) is 9.18 Å². The maximum Gasteiger partial charge on any atom is 0.322 e. The van der Waals surface area contributed by atoms with E-state index in [1.807, 2.05) is 17.0 Å². The van der Waals surface area contributed by atoms with Crippen LogP contribution in [-0.2, 0) is 6.54 Å². The van der Waals surface area contributed by atoms with Crippen LogP contribution in [0.25, 0.3) is 0 Å². The van der Waals surface area contributed by atoms with Crippen LogP contribution >= 0.6 is 0 Å². The van der Waals surface area contributed by atoms with Crippen molar-refractivity contribution < 1.29 is 23.6 Å². The Morgan fingerprint density at radius 3 is 2.58 bits per heavy atom. The molecule has 2 amide bonds. The van der Waals surface area contributed by atoms with Crippen LogP contribution in [-0.4, -0.2) is 43.9 Å². The molecule has 1 saturated heterocycles. The summed E-state index contributed by atoms with van der Waals surface area (Å²) in [6.07, 6.45) is 0. The first-order chi connectivity index (χ1) is 12.7. The number of urea groups is 1. The highest BCUT2D eigenvalue weighted by molar-refractivity contribution is 5.89. The van der Waals surface area contributed by atoms with Crippen molar-refractivity contribution in [3.8, 4) is 11.5 Å². The van der Waals surface area contributed by atoms with E-state index in [0.717, 1.165) is 25.2 Å². The van der Waals surface area contributed by atoms with Crippen molar-refractivity contribution in [2.75, 3.05) is 38.3 Å². The number of nitrogens with zero attached hydrogens (tertiary/aromatic N) is 1. The summed E-state index contributed by atoms with van der Waals surface area (Å²) in [6, 6.07) is 11.9. The highest BCUT2D eigenvalue weighted by Crippen LogP contribution is 2.34. The molecule has 0 unspecified atom stereocenters. The minimum Gasteiger partial charge on any atom is -0.454 e. The van der Waals surface area contributed by atoms with E-state index in [-0.39, 0.29) is 18.6 Å². The summed E-state index contributed by atoms with van der Waals surface area (Å²) in [5, 5.41) is 2.91. The number of hydrogen-bond donors (Lipinski definition) is 2. The molecule has 0 atom stereocenters. The lowest BCUT2D eigenvalue weighted by Crippen LogP contribution is -3.13. The van der Waals surface area contributed by atoms with Crippen LogP contribution in [0, 0.1) is 5.82 Å². The Morgan fingerprint density at radius 1 is 1.08 bits per heavy atom. The van der Waals surface area contributed by atoms with Gasteiger partial charge in [0.1, 0.15) is 12.4 Å². The number of carbonyl (C=O) groups excluding carboxylic acids is 1. The molecule has 0 aliphatic carbocycles. The van der Waals surface area contributed by atoms with Crippen LogP contribution < -0.4 is 19.7 Å². The summed E-state index contributed by atoms with van der Waals surface area (Å²) in [5.74, 6) is 1.13. The molecule has 0 aromatic heterocycles. The lowest BCUT2D eigenvalue weighted by molar-refractivity contribution is -0.917. The molecule has 0 radical (unpaired) electrons. The number of hydrogen-bond acceptors (Lipinski definition) is 3. The fraction of sp³-hybridized carbons (Fsp3) is 0.316. The first kappa shape index (κ1) is 16.7. The summed E-state index contributed by atoms with van der Waals surface area (Å²) in [5.41, 5.74) is 1.81. The van der Waals surface area contributed by atoms with Gasteiger partial charge in [-0.15, -0.1) is 0 Å². The number of ether oxygens (including phenoxy) is 2. The zero-order valence-corrected chi connectivity index (χ0v) is 14.3. The van der Waals surface area contributed by atoms with Crippen LogP contribution in [0.4, 0.5) is 14.9 Å². The van der Waals surface area contributed by atoms with E-state index in [1.54, 1.807) is 18.2 Å². The maximum atomic E-state index is 13.0. The molecule has 0 bridgehead atoms. The van der Waals surface area contributed by atoms with Crippen molar-refractivity contribution in [1.29, 1.82) is 0 Å². The van der Waals surface area contributed by atoms with E-state index in [9.17, 15) is 9.18 Å². The number of benzene rings is 2. The number of quaternary nitrogens is 1. The molecule has 7 heteroatoms. The molecule has 4 rings (SSSR count). The van der Waals surface area contributed by atoms with Crippen LogP contribution in [0.1, 0.15) is 5.56 Å². The van der Waals surface area contributed by atoms with E-state index in [1.165, 1.54) is 17.0 Å². The van der Waals surface area contributed by atoms with E-state index < -0.39 is 0 Å². The van der Waals surface area contributed by atoms with Gasteiger partial charge in [0, 0.05) is 17.3 Å². The normalized spacial score (nSPS) is 16.6. The molecule has 2 N–H and O–H groups in total. The van der Waals surface area contributed by atoms with Crippen LogP contribution in [0.3, 0.4) is 0 Å². The number of rotatable bonds is 3. The number of amides is 2. The van der Waals surface area contributed by atoms with Crippen molar-refractivity contribution in [3.05, 3.63) is 53.8 Å². The minimum atomic E-state index is -0.214. The van der Waals surface area contributed by atoms with Crippen LogP contribution in [0.15, 0.2) is 42.5 Å². The summed E-state index contributed by atoms with van der Waals surface area (Å²) in [6.45, 7) is 4.17. The molecule has 136 valence electrons. The van der Waals surface area contributed by atoms with Crippen molar-refractivity contribution in [3.63, 3.8) is 0 Å². The SMILES string of the molecule is O=C(Nc1ccc2c(c1)OCO2)N1CC[NH+](Cc2ccc(F)cc2)CC1. The highest BCUT2D eigenvalue weighted by atomic mass is 19.1. The first-order valence-electron chi connectivity index (χ1n) is 8.71. The molecular weight excluding hydrogens is 337 g/mol. The first-order valence-corrected chi connectivity index (χ1v) is 8.71. The molecule has 2 heterocycles. The predicted molar refractivity (Wildman–Crippen MR) is 94.0 cm³/mol. The smallest absolute Gasteiger partial charge is 0.322 e. The van der Waals surface area contributed by atoms with Crippen molar-refractivity contribution in [2.45, 2.75) is 6.54 Å². The monoisotopic (exact) mass is 358 g/mol. The summed E-state index contributed by atoms with van der Waals surface area (Å²) >= 11 is 0. The van der Waals surface area contributed by atoms with E-state index in [2.05, 4.69) is 5.32 Å². The topological polar surface area (TPSA) is 55.2 Å². The van der Waals surface area contributed by atoms with Gasteiger partial charge in [0.05, 0.1) is 26.2 Å². The van der Waals surface area contributed by atoms with Crippen LogP contribution in [0.2, 0.25) is 0 Å². The van der Waals surface area contributed by atoms with Gasteiger partial charge < -0.3 is 24.6 Å². The molecule has 2 aliphatic heterocycles. The number of fused-ring (bicyclic) bond motifs is 1. The van der Waals surface area contributed by atoms with Gasteiger partial charge in [-0.3, -0.25) is 0 Å². The lowest BCUT2D eigenvalue weighted by atomic mass is 10.2. The molecule has 0 saturated carbocycles. The van der Waals surface area contributed by atoms with Gasteiger partial charge in [-0.1, -0.05) is 12.1 Å². The summed E-state index contributed by atoms with van der Waals surface area (Å²) in [4.78, 5) is 15.7. The Labute approximate surface area is 151 Å². The zero-order valence-electron chi connectivity index (χ0n) is 14.3. The summed E-state index contributed by atoms with van der Waals surface area (Å²) < 4.78 is 23.6. The Kier molecular flexibility index (Phi) is 4.62. The Morgan fingerprint density at radius 2 is 1.81 bits per heavy atom. The fourth-order valence-electron chi connectivity index (χ4n) is 3.27. The Balaban J connectivity index is 1.28. The fourth-order valence-corrected chi connectivity index (χ4v) is 3.27. The van der Waals surface area contributed by atoms with E-state index in [4.69, 9.17) is 9.47 Å². The summed E-state index contributed by atoms with van der Waals surface area (Å²) in [7, 11) is 0. The molecule has 2 aliphatic rings. The van der Waals surface area contributed by atoms with Crippen molar-refractivity contribution in [2.24, 2.45) is 0 Å². The van der Waals surface area contributed by atoms with Gasteiger partial charge in [0.15, 0.2) is 11.5 Å². The van der Waals surface area contributed by atoms with Crippen molar-refractivity contribution >= 4 is 11.7 Å². The van der Waals surface area contributed by atoms with Crippen molar-refractivity contribution in [1.82, 2.24) is 4.90 Å². The molecule has 1 fully saturated rings. The van der Waals surface area contributed by atoms with Crippen LogP contribution in [0.5, 0.6) is 11.5 Å². The molecule has 2 aromatic carbocycles. The van der Waals surface area contributed by atoms with Gasteiger partial charge in [-0.2, -0.15) is 0 Å². The van der Waals surface area contributed by atoms with Gasteiger partial charge in [0.2, 0.25) is 6.79 Å². The number of anilines is 1. The van der Waals surface area contributed by atoms with Gasteiger partial charge in [0.25, 0.3) is 0 Å². The Bertz CT molecular complexity index is 789. The third-order valence-electron chi connectivity index (χ3n) is 4.75. The maximum absolute atomic E-state index is 13.0. The Hall–Kier alpha value is -2.80. The second-order valence-corrected chi connectivity index (χ2v) is 6.54. The van der Waals surface area contributed by atoms with Gasteiger partial charge in [-0.05, 0) is 24.3 Å². The quantitative estimate of drug-likeness (QED) is 0.874. The average molecular weight is 358 g/mol. The number of nitrogens with one attached hydrogen (secondary N) is 2. The third-order valence-corrected chi connectivity index (χ3v) is 4.75. The average Bonchev–Trinajstić information content (AvgIpc) is 3.12. The molecule has 2 aromatic rings. The molecule has 26 heavy (non-hydrogen) atoms. The minimum absolute atomic E-state index is 0.107. The number of halogens is 1. The molecule has 0 spiro atoms. The molecular formula is C19H21FN3O3+. The number of piperazine rings is 1. The predicted octanol–water partition coefficient (Wildman–Crippen LogP) is 1.49. The second kappa shape index (κ2) is 7.21. The highest BCUT2D eigenvalue weighted by Gasteiger charge is 2.24. The zero-order chi connectivity index (χ0) is 17.9. The van der Waals surface area contributed by atoms with E-state index >= 15 is 0 Å². The lowest BCUT2D eigenvalue weighted by Gasteiger charge is -2.32. The van der Waals surface area contributed by atoms with E-state index in [0.29, 0.717) is 30.3 Å².